The maximum Gasteiger partial charge on any atom is 0.125 e. The highest BCUT2D eigenvalue weighted by Gasteiger charge is 2.18. The highest BCUT2D eigenvalue weighted by Crippen LogP contribution is 2.30. The van der Waals surface area contributed by atoms with Crippen molar-refractivity contribution < 1.29 is 0 Å². The van der Waals surface area contributed by atoms with Gasteiger partial charge in [0.2, 0.25) is 0 Å². The van der Waals surface area contributed by atoms with E-state index in [1.165, 1.54) is 0 Å². The normalized spacial score (nSPS) is 15.3. The lowest BCUT2D eigenvalue weighted by atomic mass is 10.2. The Kier molecular flexibility index (Phi) is 1.51. The van der Waals surface area contributed by atoms with E-state index in [0.717, 1.165) is 12.8 Å². The van der Waals surface area contributed by atoms with Crippen molar-refractivity contribution in [3.8, 4) is 12.1 Å². The van der Waals surface area contributed by atoms with Crippen LogP contribution in [0.1, 0.15) is 12.8 Å². The molecule has 0 aliphatic heterocycles. The first-order valence-corrected chi connectivity index (χ1v) is 2.89. The van der Waals surface area contributed by atoms with Gasteiger partial charge in [-0.05, 0) is 18.8 Å². The number of nitriles is 2. The van der Waals surface area contributed by atoms with E-state index >= 15 is 0 Å². The first-order chi connectivity index (χ1) is 4.36. The number of rotatable bonds is 1. The Morgan fingerprint density at radius 2 is 1.89 bits per heavy atom. The van der Waals surface area contributed by atoms with E-state index in [1.54, 1.807) is 6.08 Å². The van der Waals surface area contributed by atoms with Gasteiger partial charge in [0.15, 0.2) is 0 Å². The van der Waals surface area contributed by atoms with Gasteiger partial charge < -0.3 is 0 Å². The topological polar surface area (TPSA) is 47.6 Å². The molecule has 1 rings (SSSR count). The van der Waals surface area contributed by atoms with Gasteiger partial charge >= 0.3 is 0 Å². The monoisotopic (exact) mass is 118 g/mol. The minimum Gasteiger partial charge on any atom is -0.192 e. The smallest absolute Gasteiger partial charge is 0.125 e. The Hall–Kier alpha value is -1.28. The standard InChI is InChI=1S/C7H6N2/c8-4-7(5-9)3-6-1-2-6/h3,6H,1-2H2. The summed E-state index contributed by atoms with van der Waals surface area (Å²) in [5.41, 5.74) is 0.262. The third kappa shape index (κ3) is 1.58. The highest BCUT2D eigenvalue weighted by atomic mass is 14.3. The second-order valence-electron chi connectivity index (χ2n) is 2.14. The van der Waals surface area contributed by atoms with Gasteiger partial charge in [0.05, 0.1) is 0 Å². The van der Waals surface area contributed by atoms with Crippen molar-refractivity contribution in [3.05, 3.63) is 11.6 Å². The molecule has 0 radical (unpaired) electrons. The molecule has 44 valence electrons. The molecule has 0 amide bonds. The Bertz CT molecular complexity index is 194. The van der Waals surface area contributed by atoms with Crippen LogP contribution in [0.3, 0.4) is 0 Å². The zero-order valence-electron chi connectivity index (χ0n) is 4.96. The molecular formula is C7H6N2. The fourth-order valence-corrected chi connectivity index (χ4v) is 0.598. The lowest BCUT2D eigenvalue weighted by Gasteiger charge is -1.77. The van der Waals surface area contributed by atoms with E-state index in [0.29, 0.717) is 5.92 Å². The predicted molar refractivity (Wildman–Crippen MR) is 32.0 cm³/mol. The van der Waals surface area contributed by atoms with Crippen molar-refractivity contribution in [2.45, 2.75) is 12.8 Å². The number of hydrogen-bond donors (Lipinski definition) is 0. The molecule has 0 N–H and O–H groups in total. The van der Waals surface area contributed by atoms with Gasteiger partial charge in [-0.3, -0.25) is 0 Å². The Morgan fingerprint density at radius 3 is 2.22 bits per heavy atom. The van der Waals surface area contributed by atoms with Crippen molar-refractivity contribution in [1.29, 1.82) is 10.5 Å². The van der Waals surface area contributed by atoms with E-state index in [9.17, 15) is 0 Å². The molecule has 1 aliphatic carbocycles. The molecule has 0 aromatic rings. The van der Waals surface area contributed by atoms with Gasteiger partial charge in [0, 0.05) is 0 Å². The minimum atomic E-state index is 0.262. The van der Waals surface area contributed by atoms with Crippen LogP contribution < -0.4 is 0 Å². The third-order valence-corrected chi connectivity index (χ3v) is 1.27. The quantitative estimate of drug-likeness (QED) is 0.488. The van der Waals surface area contributed by atoms with Gasteiger partial charge in [-0.1, -0.05) is 6.08 Å². The molecule has 2 nitrogen and oxygen atoms in total. The zero-order valence-corrected chi connectivity index (χ0v) is 4.96. The predicted octanol–water partition coefficient (Wildman–Crippen LogP) is 1.37. The molecule has 0 bridgehead atoms. The van der Waals surface area contributed by atoms with Gasteiger partial charge in [-0.25, -0.2) is 0 Å². The fourth-order valence-electron chi connectivity index (χ4n) is 0.598. The first kappa shape index (κ1) is 5.85. The van der Waals surface area contributed by atoms with E-state index in [4.69, 9.17) is 10.5 Å². The summed E-state index contributed by atoms with van der Waals surface area (Å²) in [6.45, 7) is 0. The Labute approximate surface area is 54.0 Å². The molecule has 0 atom stereocenters. The fraction of sp³-hybridized carbons (Fsp3) is 0.429. The summed E-state index contributed by atoms with van der Waals surface area (Å²) < 4.78 is 0. The molecule has 0 aromatic carbocycles. The first-order valence-electron chi connectivity index (χ1n) is 2.89. The van der Waals surface area contributed by atoms with Gasteiger partial charge in [-0.15, -0.1) is 0 Å². The summed E-state index contributed by atoms with van der Waals surface area (Å²) in [7, 11) is 0. The van der Waals surface area contributed by atoms with Crippen LogP contribution in [0.5, 0.6) is 0 Å². The summed E-state index contributed by atoms with van der Waals surface area (Å²) in [6, 6.07) is 3.65. The van der Waals surface area contributed by atoms with Crippen LogP contribution >= 0.6 is 0 Å². The van der Waals surface area contributed by atoms with Gasteiger partial charge in [0.1, 0.15) is 17.7 Å². The van der Waals surface area contributed by atoms with Crippen molar-refractivity contribution in [1.82, 2.24) is 0 Å². The maximum atomic E-state index is 8.26. The van der Waals surface area contributed by atoms with Crippen molar-refractivity contribution in [2.24, 2.45) is 5.92 Å². The summed E-state index contributed by atoms with van der Waals surface area (Å²) in [5, 5.41) is 16.5. The zero-order chi connectivity index (χ0) is 6.69. The van der Waals surface area contributed by atoms with Gasteiger partial charge in [0.25, 0.3) is 0 Å². The second kappa shape index (κ2) is 2.33. The largest absolute Gasteiger partial charge is 0.192 e. The van der Waals surface area contributed by atoms with Crippen molar-refractivity contribution in [2.75, 3.05) is 0 Å². The lowest BCUT2D eigenvalue weighted by molar-refractivity contribution is 1.11. The number of nitrogens with zero attached hydrogens (tertiary/aromatic N) is 2. The molecule has 1 aliphatic rings. The van der Waals surface area contributed by atoms with Crippen LogP contribution in [-0.2, 0) is 0 Å². The average molecular weight is 118 g/mol. The molecule has 0 aromatic heterocycles. The van der Waals surface area contributed by atoms with Crippen LogP contribution in [0, 0.1) is 28.6 Å². The number of hydrogen-bond acceptors (Lipinski definition) is 2. The van der Waals surface area contributed by atoms with Crippen LogP contribution in [0.2, 0.25) is 0 Å². The molecule has 9 heavy (non-hydrogen) atoms. The Morgan fingerprint density at radius 1 is 1.33 bits per heavy atom. The molecule has 1 fully saturated rings. The minimum absolute atomic E-state index is 0.262. The molecule has 0 heterocycles. The summed E-state index contributed by atoms with van der Waals surface area (Å²) >= 11 is 0. The molecule has 1 saturated carbocycles. The maximum absolute atomic E-state index is 8.26. The molecule has 0 unspecified atom stereocenters. The SMILES string of the molecule is N#CC(C#N)=CC1CC1. The Balaban J connectivity index is 2.58. The van der Waals surface area contributed by atoms with Crippen LogP contribution in [0.15, 0.2) is 11.6 Å². The van der Waals surface area contributed by atoms with Crippen molar-refractivity contribution >= 4 is 0 Å². The highest BCUT2D eigenvalue weighted by molar-refractivity contribution is 5.36. The molecule has 2 heteroatoms. The molecule has 0 saturated heterocycles. The third-order valence-electron chi connectivity index (χ3n) is 1.27. The summed E-state index contributed by atoms with van der Waals surface area (Å²) in [4.78, 5) is 0. The molecular weight excluding hydrogens is 112 g/mol. The average Bonchev–Trinajstić information content (AvgIpc) is 2.66. The number of allylic oxidation sites excluding steroid dienone is 2. The summed E-state index contributed by atoms with van der Waals surface area (Å²) in [6.07, 6.45) is 4.04. The van der Waals surface area contributed by atoms with Crippen LogP contribution in [-0.4, -0.2) is 0 Å². The van der Waals surface area contributed by atoms with E-state index in [-0.39, 0.29) is 5.57 Å². The van der Waals surface area contributed by atoms with Crippen molar-refractivity contribution in [3.63, 3.8) is 0 Å². The second-order valence-corrected chi connectivity index (χ2v) is 2.14. The summed E-state index contributed by atoms with van der Waals surface area (Å²) in [5.74, 6) is 0.527. The van der Waals surface area contributed by atoms with E-state index in [2.05, 4.69) is 0 Å². The lowest BCUT2D eigenvalue weighted by Crippen LogP contribution is -1.72. The van der Waals surface area contributed by atoms with Gasteiger partial charge in [-0.2, -0.15) is 10.5 Å². The molecule has 0 spiro atoms. The van der Waals surface area contributed by atoms with Crippen LogP contribution in [0.25, 0.3) is 0 Å². The van der Waals surface area contributed by atoms with E-state index in [1.807, 2.05) is 12.1 Å². The van der Waals surface area contributed by atoms with E-state index < -0.39 is 0 Å². The van der Waals surface area contributed by atoms with Crippen LogP contribution in [0.4, 0.5) is 0 Å².